The Morgan fingerprint density at radius 2 is 1.93 bits per heavy atom. The van der Waals surface area contributed by atoms with Crippen LogP contribution in [-0.4, -0.2) is 33.8 Å². The van der Waals surface area contributed by atoms with Gasteiger partial charge in [0.05, 0.1) is 14.8 Å². The number of anilines is 3. The van der Waals surface area contributed by atoms with Crippen LogP contribution < -0.4 is 16.0 Å². The molecule has 3 aromatic rings. The first-order valence-electron chi connectivity index (χ1n) is 8.75. The average molecular weight is 488 g/mol. The number of nitrogens with one attached hydrogen (secondary N) is 3. The quantitative estimate of drug-likeness (QED) is 0.476. The van der Waals surface area contributed by atoms with Crippen LogP contribution >= 0.6 is 22.6 Å². The van der Waals surface area contributed by atoms with Gasteiger partial charge in [0.15, 0.2) is 0 Å². The lowest BCUT2D eigenvalue weighted by Gasteiger charge is -2.12. The lowest BCUT2D eigenvalue weighted by Crippen LogP contribution is -2.16. The Hall–Kier alpha value is -2.82. The number of rotatable bonds is 5. The maximum Gasteiger partial charge on any atom is 0.257 e. The third-order valence-corrected chi connectivity index (χ3v) is 5.33. The van der Waals surface area contributed by atoms with E-state index in [-0.39, 0.29) is 17.7 Å². The minimum atomic E-state index is -0.296. The molecule has 3 N–H and O–H groups in total. The second-order valence-corrected chi connectivity index (χ2v) is 7.62. The lowest BCUT2D eigenvalue weighted by molar-refractivity contribution is -0.117. The molecule has 0 radical (unpaired) electrons. The maximum absolute atomic E-state index is 12.9. The minimum Gasteiger partial charge on any atom is -0.373 e. The van der Waals surface area contributed by atoms with Crippen LogP contribution in [0.5, 0.6) is 0 Å². The van der Waals surface area contributed by atoms with Gasteiger partial charge in [0, 0.05) is 48.5 Å². The smallest absolute Gasteiger partial charge is 0.257 e. The van der Waals surface area contributed by atoms with E-state index in [9.17, 15) is 9.59 Å². The highest BCUT2D eigenvalue weighted by Gasteiger charge is 2.30. The molecule has 142 valence electrons. The van der Waals surface area contributed by atoms with Crippen LogP contribution in [0.4, 0.5) is 17.3 Å². The standard InChI is InChI=1S/C19H17IN6O2/c1-21-17-12-7-23-16(26-18(27)10-2-3-10)6-11(12)13(8-24-17)19(28)25-15-4-5-22-9-14(15)20/h4-10H,2-3H2,1H3,(H,21,24)(H,22,25,28)(H,23,26,27). The number of fused-ring (bicyclic) bond motifs is 1. The first-order valence-corrected chi connectivity index (χ1v) is 9.83. The highest BCUT2D eigenvalue weighted by Crippen LogP contribution is 2.31. The number of hydrogen-bond donors (Lipinski definition) is 3. The third kappa shape index (κ3) is 3.75. The van der Waals surface area contributed by atoms with Crippen LogP contribution in [0.3, 0.4) is 0 Å². The Labute approximate surface area is 174 Å². The van der Waals surface area contributed by atoms with E-state index in [1.165, 1.54) is 6.20 Å². The minimum absolute atomic E-state index is 0.0351. The molecule has 1 aliphatic rings. The van der Waals surface area contributed by atoms with Crippen molar-refractivity contribution < 1.29 is 9.59 Å². The number of amides is 2. The molecule has 0 spiro atoms. The molecule has 1 fully saturated rings. The highest BCUT2D eigenvalue weighted by atomic mass is 127. The van der Waals surface area contributed by atoms with Crippen LogP contribution in [0.2, 0.25) is 0 Å². The fourth-order valence-corrected chi connectivity index (χ4v) is 3.30. The van der Waals surface area contributed by atoms with Crippen LogP contribution in [0.1, 0.15) is 23.2 Å². The molecule has 3 aromatic heterocycles. The van der Waals surface area contributed by atoms with E-state index in [2.05, 4.69) is 53.5 Å². The molecule has 1 saturated carbocycles. The first kappa shape index (κ1) is 18.5. The van der Waals surface area contributed by atoms with Gasteiger partial charge in [0.2, 0.25) is 5.91 Å². The molecule has 0 atom stereocenters. The van der Waals surface area contributed by atoms with Crippen molar-refractivity contribution in [3.8, 4) is 0 Å². The second kappa shape index (κ2) is 7.66. The Kier molecular flexibility index (Phi) is 5.07. The predicted octanol–water partition coefficient (Wildman–Crippen LogP) is 3.27. The largest absolute Gasteiger partial charge is 0.373 e. The van der Waals surface area contributed by atoms with Gasteiger partial charge < -0.3 is 16.0 Å². The van der Waals surface area contributed by atoms with Crippen molar-refractivity contribution in [3.63, 3.8) is 0 Å². The molecule has 0 unspecified atom stereocenters. The van der Waals surface area contributed by atoms with Crippen molar-refractivity contribution in [1.29, 1.82) is 0 Å². The van der Waals surface area contributed by atoms with Gasteiger partial charge in [-0.1, -0.05) is 0 Å². The molecule has 2 amide bonds. The zero-order chi connectivity index (χ0) is 19.7. The summed E-state index contributed by atoms with van der Waals surface area (Å²) in [7, 11) is 1.75. The van der Waals surface area contributed by atoms with Crippen molar-refractivity contribution in [2.24, 2.45) is 5.92 Å². The summed E-state index contributed by atoms with van der Waals surface area (Å²) in [4.78, 5) is 37.7. The van der Waals surface area contributed by atoms with E-state index in [4.69, 9.17) is 0 Å². The molecule has 0 aromatic carbocycles. The molecule has 0 aliphatic heterocycles. The van der Waals surface area contributed by atoms with E-state index < -0.39 is 0 Å². The lowest BCUT2D eigenvalue weighted by atomic mass is 10.1. The van der Waals surface area contributed by atoms with E-state index >= 15 is 0 Å². The summed E-state index contributed by atoms with van der Waals surface area (Å²) >= 11 is 2.11. The maximum atomic E-state index is 12.9. The van der Waals surface area contributed by atoms with E-state index in [0.29, 0.717) is 33.7 Å². The average Bonchev–Trinajstić information content (AvgIpc) is 3.54. The summed E-state index contributed by atoms with van der Waals surface area (Å²) in [5.41, 5.74) is 1.06. The molecule has 9 heteroatoms. The number of hydrogen-bond acceptors (Lipinski definition) is 6. The molecule has 1 aliphatic carbocycles. The summed E-state index contributed by atoms with van der Waals surface area (Å²) in [5, 5.41) is 10.1. The number of nitrogens with zero attached hydrogens (tertiary/aromatic N) is 3. The zero-order valence-corrected chi connectivity index (χ0v) is 17.1. The fourth-order valence-electron chi connectivity index (χ4n) is 2.82. The molecule has 0 saturated heterocycles. The molecule has 0 bridgehead atoms. The molecule has 8 nitrogen and oxygen atoms in total. The Bertz CT molecular complexity index is 1080. The van der Waals surface area contributed by atoms with Crippen LogP contribution in [0.15, 0.2) is 36.9 Å². The summed E-state index contributed by atoms with van der Waals surface area (Å²) in [5.74, 6) is 0.768. The number of aromatic nitrogens is 3. The van der Waals surface area contributed by atoms with Crippen molar-refractivity contribution in [3.05, 3.63) is 46.1 Å². The zero-order valence-electron chi connectivity index (χ0n) is 15.0. The van der Waals surface area contributed by atoms with Crippen molar-refractivity contribution >= 4 is 62.5 Å². The Morgan fingerprint density at radius 3 is 2.64 bits per heavy atom. The Balaban J connectivity index is 1.72. The first-order chi connectivity index (χ1) is 13.6. The summed E-state index contributed by atoms with van der Waals surface area (Å²) in [6.45, 7) is 0. The molecule has 4 rings (SSSR count). The van der Waals surface area contributed by atoms with Gasteiger partial charge in [-0.3, -0.25) is 14.6 Å². The van der Waals surface area contributed by atoms with Gasteiger partial charge in [0.25, 0.3) is 5.91 Å². The van der Waals surface area contributed by atoms with Crippen LogP contribution in [-0.2, 0) is 4.79 Å². The molecule has 28 heavy (non-hydrogen) atoms. The Morgan fingerprint density at radius 1 is 1.11 bits per heavy atom. The van der Waals surface area contributed by atoms with E-state index in [1.54, 1.807) is 37.8 Å². The van der Waals surface area contributed by atoms with Gasteiger partial charge in [-0.15, -0.1) is 0 Å². The molecular formula is C19H17IN6O2. The van der Waals surface area contributed by atoms with Crippen molar-refractivity contribution in [2.45, 2.75) is 12.8 Å². The van der Waals surface area contributed by atoms with Crippen LogP contribution in [0, 0.1) is 9.49 Å². The number of carbonyl (C=O) groups is 2. The van der Waals surface area contributed by atoms with E-state index in [0.717, 1.165) is 16.4 Å². The van der Waals surface area contributed by atoms with Gasteiger partial charge in [-0.05, 0) is 47.6 Å². The van der Waals surface area contributed by atoms with Gasteiger partial charge >= 0.3 is 0 Å². The highest BCUT2D eigenvalue weighted by molar-refractivity contribution is 14.1. The molecular weight excluding hydrogens is 471 g/mol. The molecule has 3 heterocycles. The van der Waals surface area contributed by atoms with Gasteiger partial charge in [0.1, 0.15) is 11.6 Å². The fraction of sp³-hybridized carbons (Fsp3) is 0.211. The van der Waals surface area contributed by atoms with Crippen molar-refractivity contribution in [1.82, 2.24) is 15.0 Å². The monoisotopic (exact) mass is 488 g/mol. The van der Waals surface area contributed by atoms with Gasteiger partial charge in [-0.2, -0.15) is 0 Å². The second-order valence-electron chi connectivity index (χ2n) is 6.46. The summed E-state index contributed by atoms with van der Waals surface area (Å²) in [6, 6.07) is 3.45. The summed E-state index contributed by atoms with van der Waals surface area (Å²) in [6.07, 6.45) is 8.24. The SMILES string of the molecule is CNc1ncc(C(=O)Nc2ccncc2I)c2cc(NC(=O)C3CC3)ncc12. The van der Waals surface area contributed by atoms with Crippen molar-refractivity contribution in [2.75, 3.05) is 23.0 Å². The van der Waals surface area contributed by atoms with E-state index in [1.807, 2.05) is 0 Å². The number of halogens is 1. The normalized spacial score (nSPS) is 13.2. The third-order valence-electron chi connectivity index (χ3n) is 4.47. The van der Waals surface area contributed by atoms with Gasteiger partial charge in [-0.25, -0.2) is 9.97 Å². The summed E-state index contributed by atoms with van der Waals surface area (Å²) < 4.78 is 0.830. The predicted molar refractivity (Wildman–Crippen MR) is 115 cm³/mol. The topological polar surface area (TPSA) is 109 Å². The number of carbonyl (C=O) groups excluding carboxylic acids is 2. The van der Waals surface area contributed by atoms with Crippen LogP contribution in [0.25, 0.3) is 10.8 Å². The number of pyridine rings is 3.